The molecule has 2 atom stereocenters. The van der Waals surface area contributed by atoms with E-state index in [9.17, 15) is 13.2 Å². The van der Waals surface area contributed by atoms with Gasteiger partial charge in [-0.3, -0.25) is 4.79 Å². The van der Waals surface area contributed by atoms with Crippen LogP contribution in [0, 0.1) is 0 Å². The maximum atomic E-state index is 12.2. The third-order valence-corrected chi connectivity index (χ3v) is 5.06. The van der Waals surface area contributed by atoms with Crippen LogP contribution in [0.4, 0.5) is 0 Å². The van der Waals surface area contributed by atoms with Crippen molar-refractivity contribution in [3.05, 3.63) is 0 Å². The molecular weight excluding hydrogens is 252 g/mol. The van der Waals surface area contributed by atoms with Crippen LogP contribution in [-0.4, -0.2) is 49.4 Å². The molecule has 0 aromatic carbocycles. The van der Waals surface area contributed by atoms with Crippen molar-refractivity contribution in [1.82, 2.24) is 4.90 Å². The highest BCUT2D eigenvalue weighted by atomic mass is 32.2. The standard InChI is InChI=1S/C12H24N2O3S/c1-3-5-11(13)12(15)14(7-4-2)10-6-8-18(16,17)9-10/h10-11H,3-9,13H2,1-2H3. The van der Waals surface area contributed by atoms with Crippen molar-refractivity contribution in [2.75, 3.05) is 18.1 Å². The highest BCUT2D eigenvalue weighted by Crippen LogP contribution is 2.19. The van der Waals surface area contributed by atoms with Crippen LogP contribution < -0.4 is 5.73 Å². The fraction of sp³-hybridized carbons (Fsp3) is 0.917. The van der Waals surface area contributed by atoms with Gasteiger partial charge in [-0.2, -0.15) is 0 Å². The molecule has 1 fully saturated rings. The van der Waals surface area contributed by atoms with Crippen LogP contribution in [0.2, 0.25) is 0 Å². The van der Waals surface area contributed by atoms with Gasteiger partial charge in [0.15, 0.2) is 9.84 Å². The first kappa shape index (κ1) is 15.4. The summed E-state index contributed by atoms with van der Waals surface area (Å²) >= 11 is 0. The lowest BCUT2D eigenvalue weighted by atomic mass is 10.1. The molecule has 1 heterocycles. The Labute approximate surface area is 110 Å². The molecular formula is C12H24N2O3S. The summed E-state index contributed by atoms with van der Waals surface area (Å²) in [6.07, 6.45) is 2.88. The quantitative estimate of drug-likeness (QED) is 0.768. The van der Waals surface area contributed by atoms with E-state index in [0.29, 0.717) is 19.4 Å². The zero-order chi connectivity index (χ0) is 13.8. The average Bonchev–Trinajstić information content (AvgIpc) is 2.66. The van der Waals surface area contributed by atoms with Gasteiger partial charge in [-0.25, -0.2) is 8.42 Å². The fourth-order valence-corrected chi connectivity index (χ4v) is 4.11. The van der Waals surface area contributed by atoms with Crippen LogP contribution in [0.3, 0.4) is 0 Å². The number of rotatable bonds is 6. The second-order valence-electron chi connectivity index (χ2n) is 4.98. The van der Waals surface area contributed by atoms with Gasteiger partial charge in [-0.05, 0) is 19.3 Å². The van der Waals surface area contributed by atoms with Gasteiger partial charge in [0.1, 0.15) is 0 Å². The predicted molar refractivity (Wildman–Crippen MR) is 71.9 cm³/mol. The normalized spacial score (nSPS) is 23.8. The van der Waals surface area contributed by atoms with Crippen molar-refractivity contribution in [3.63, 3.8) is 0 Å². The Morgan fingerprint density at radius 1 is 1.39 bits per heavy atom. The summed E-state index contributed by atoms with van der Waals surface area (Å²) in [5.41, 5.74) is 5.85. The number of carbonyl (C=O) groups excluding carboxylic acids is 1. The van der Waals surface area contributed by atoms with Gasteiger partial charge >= 0.3 is 0 Å². The van der Waals surface area contributed by atoms with Crippen molar-refractivity contribution in [2.45, 2.75) is 51.6 Å². The third kappa shape index (κ3) is 3.95. The van der Waals surface area contributed by atoms with E-state index in [4.69, 9.17) is 5.73 Å². The molecule has 2 N–H and O–H groups in total. The van der Waals surface area contributed by atoms with E-state index in [-0.39, 0.29) is 23.5 Å². The lowest BCUT2D eigenvalue weighted by Gasteiger charge is -2.30. The summed E-state index contributed by atoms with van der Waals surface area (Å²) in [5, 5.41) is 0. The van der Waals surface area contributed by atoms with Crippen LogP contribution in [0.5, 0.6) is 0 Å². The first-order valence-corrected chi connectivity index (χ1v) is 8.50. The number of hydrogen-bond acceptors (Lipinski definition) is 4. The molecule has 0 bridgehead atoms. The van der Waals surface area contributed by atoms with Crippen molar-refractivity contribution >= 4 is 15.7 Å². The van der Waals surface area contributed by atoms with Crippen molar-refractivity contribution in [3.8, 4) is 0 Å². The van der Waals surface area contributed by atoms with Gasteiger partial charge in [0.05, 0.1) is 17.5 Å². The van der Waals surface area contributed by atoms with E-state index in [0.717, 1.165) is 12.8 Å². The molecule has 2 unspecified atom stereocenters. The molecule has 1 aliphatic heterocycles. The van der Waals surface area contributed by atoms with Gasteiger partial charge in [0.25, 0.3) is 0 Å². The molecule has 1 saturated heterocycles. The van der Waals surface area contributed by atoms with Gasteiger partial charge in [-0.15, -0.1) is 0 Å². The van der Waals surface area contributed by atoms with E-state index in [2.05, 4.69) is 0 Å². The summed E-state index contributed by atoms with van der Waals surface area (Å²) in [6.45, 7) is 4.56. The number of amides is 1. The zero-order valence-electron chi connectivity index (χ0n) is 11.3. The third-order valence-electron chi connectivity index (χ3n) is 3.31. The SMILES string of the molecule is CCCC(N)C(=O)N(CCC)C1CCS(=O)(=O)C1. The van der Waals surface area contributed by atoms with E-state index < -0.39 is 15.9 Å². The number of nitrogens with zero attached hydrogens (tertiary/aromatic N) is 1. The van der Waals surface area contributed by atoms with E-state index in [1.54, 1.807) is 4.90 Å². The van der Waals surface area contributed by atoms with E-state index in [1.165, 1.54) is 0 Å². The van der Waals surface area contributed by atoms with E-state index >= 15 is 0 Å². The maximum Gasteiger partial charge on any atom is 0.239 e. The Balaban J connectivity index is 2.73. The molecule has 0 aromatic heterocycles. The topological polar surface area (TPSA) is 80.5 Å². The monoisotopic (exact) mass is 276 g/mol. The first-order chi connectivity index (χ1) is 8.41. The second kappa shape index (κ2) is 6.52. The maximum absolute atomic E-state index is 12.2. The Bertz CT molecular complexity index is 381. The van der Waals surface area contributed by atoms with Crippen molar-refractivity contribution in [1.29, 1.82) is 0 Å². The largest absolute Gasteiger partial charge is 0.337 e. The number of hydrogen-bond donors (Lipinski definition) is 1. The Hall–Kier alpha value is -0.620. The van der Waals surface area contributed by atoms with Crippen LogP contribution >= 0.6 is 0 Å². The van der Waals surface area contributed by atoms with Gasteiger partial charge in [0, 0.05) is 12.6 Å². The van der Waals surface area contributed by atoms with Crippen molar-refractivity contribution in [2.24, 2.45) is 5.73 Å². The highest BCUT2D eigenvalue weighted by molar-refractivity contribution is 7.91. The lowest BCUT2D eigenvalue weighted by Crippen LogP contribution is -2.49. The molecule has 6 heteroatoms. The number of carbonyl (C=O) groups is 1. The molecule has 0 aliphatic carbocycles. The Morgan fingerprint density at radius 2 is 2.06 bits per heavy atom. The Morgan fingerprint density at radius 3 is 2.50 bits per heavy atom. The van der Waals surface area contributed by atoms with Crippen molar-refractivity contribution < 1.29 is 13.2 Å². The average molecular weight is 276 g/mol. The van der Waals surface area contributed by atoms with Crippen LogP contribution in [-0.2, 0) is 14.6 Å². The van der Waals surface area contributed by atoms with Crippen LogP contribution in [0.25, 0.3) is 0 Å². The molecule has 18 heavy (non-hydrogen) atoms. The molecule has 1 aliphatic rings. The highest BCUT2D eigenvalue weighted by Gasteiger charge is 2.35. The molecule has 5 nitrogen and oxygen atoms in total. The fourth-order valence-electron chi connectivity index (χ4n) is 2.38. The molecule has 0 spiro atoms. The molecule has 0 aromatic rings. The molecule has 0 radical (unpaired) electrons. The molecule has 1 amide bonds. The molecule has 106 valence electrons. The summed E-state index contributed by atoms with van der Waals surface area (Å²) in [5.74, 6) is 0.187. The molecule has 1 rings (SSSR count). The minimum Gasteiger partial charge on any atom is -0.337 e. The van der Waals surface area contributed by atoms with Gasteiger partial charge < -0.3 is 10.6 Å². The second-order valence-corrected chi connectivity index (χ2v) is 7.21. The summed E-state index contributed by atoms with van der Waals surface area (Å²) < 4.78 is 23.0. The van der Waals surface area contributed by atoms with Gasteiger partial charge in [0.2, 0.25) is 5.91 Å². The van der Waals surface area contributed by atoms with E-state index in [1.807, 2.05) is 13.8 Å². The summed E-state index contributed by atoms with van der Waals surface area (Å²) in [7, 11) is -2.97. The predicted octanol–water partition coefficient (Wildman–Crippen LogP) is 0.540. The smallest absolute Gasteiger partial charge is 0.239 e. The summed E-state index contributed by atoms with van der Waals surface area (Å²) in [4.78, 5) is 13.9. The minimum atomic E-state index is -2.97. The summed E-state index contributed by atoms with van der Waals surface area (Å²) in [6, 6.07) is -0.671. The van der Waals surface area contributed by atoms with Crippen LogP contribution in [0.15, 0.2) is 0 Å². The Kier molecular flexibility index (Phi) is 5.59. The van der Waals surface area contributed by atoms with Crippen LogP contribution in [0.1, 0.15) is 39.5 Å². The first-order valence-electron chi connectivity index (χ1n) is 6.67. The number of nitrogens with two attached hydrogens (primary N) is 1. The minimum absolute atomic E-state index is 0.0948. The molecule has 0 saturated carbocycles. The lowest BCUT2D eigenvalue weighted by molar-refractivity contribution is -0.134. The number of sulfone groups is 1. The van der Waals surface area contributed by atoms with Gasteiger partial charge in [-0.1, -0.05) is 20.3 Å². The zero-order valence-corrected chi connectivity index (χ0v) is 12.1.